The van der Waals surface area contributed by atoms with Crippen molar-refractivity contribution in [1.29, 1.82) is 0 Å². The van der Waals surface area contributed by atoms with Crippen LogP contribution in [0.4, 0.5) is 5.69 Å². The Morgan fingerprint density at radius 3 is 2.81 bits per heavy atom. The number of ether oxygens (including phenoxy) is 2. The van der Waals surface area contributed by atoms with Crippen LogP contribution in [0.25, 0.3) is 0 Å². The van der Waals surface area contributed by atoms with Crippen molar-refractivity contribution in [2.45, 2.75) is 31.7 Å². The molecule has 3 N–H and O–H groups in total. The molecule has 0 saturated carbocycles. The number of nitrogens with two attached hydrogens (primary N) is 1. The van der Waals surface area contributed by atoms with Crippen LogP contribution in [0, 0.1) is 0 Å². The van der Waals surface area contributed by atoms with Crippen molar-refractivity contribution in [3.8, 4) is 11.5 Å². The molecule has 1 unspecified atom stereocenters. The van der Waals surface area contributed by atoms with Gasteiger partial charge in [-0.1, -0.05) is 12.8 Å². The van der Waals surface area contributed by atoms with E-state index >= 15 is 0 Å². The zero-order valence-electron chi connectivity index (χ0n) is 11.9. The van der Waals surface area contributed by atoms with Crippen molar-refractivity contribution in [1.82, 2.24) is 4.90 Å². The van der Waals surface area contributed by atoms with Gasteiger partial charge in [0.25, 0.3) is 5.91 Å². The molecule has 0 aromatic heterocycles. The number of aliphatic hydroxyl groups excluding tert-OH is 1. The molecule has 1 aromatic carbocycles. The highest BCUT2D eigenvalue weighted by Gasteiger charge is 2.28. The molecule has 2 aliphatic rings. The maximum absolute atomic E-state index is 12.8. The number of carbonyl (C=O) groups excluding carboxylic acids is 1. The highest BCUT2D eigenvalue weighted by atomic mass is 16.7. The van der Waals surface area contributed by atoms with E-state index in [9.17, 15) is 9.90 Å². The zero-order chi connectivity index (χ0) is 14.8. The van der Waals surface area contributed by atoms with Crippen LogP contribution in [0.15, 0.2) is 12.1 Å². The standard InChI is InChI=1S/C15H20N2O4/c16-12-7-14-13(20-9-21-14)6-11(12)15(19)17-5-3-1-2-4-10(17)8-18/h6-7,10,18H,1-5,8-9,16H2. The molecule has 2 heterocycles. The van der Waals surface area contributed by atoms with Crippen molar-refractivity contribution in [2.75, 3.05) is 25.7 Å². The van der Waals surface area contributed by atoms with E-state index in [1.54, 1.807) is 17.0 Å². The van der Waals surface area contributed by atoms with Gasteiger partial charge in [0, 0.05) is 18.3 Å². The Bertz CT molecular complexity index is 547. The summed E-state index contributed by atoms with van der Waals surface area (Å²) >= 11 is 0. The van der Waals surface area contributed by atoms with Gasteiger partial charge in [-0.25, -0.2) is 0 Å². The second-order valence-corrected chi connectivity index (χ2v) is 5.48. The van der Waals surface area contributed by atoms with E-state index in [-0.39, 0.29) is 25.3 Å². The minimum Gasteiger partial charge on any atom is -0.454 e. The molecule has 6 heteroatoms. The molecule has 3 rings (SSSR count). The van der Waals surface area contributed by atoms with Gasteiger partial charge in [0.05, 0.1) is 18.2 Å². The number of nitrogens with zero attached hydrogens (tertiary/aromatic N) is 1. The first kappa shape index (κ1) is 14.0. The van der Waals surface area contributed by atoms with E-state index in [4.69, 9.17) is 15.2 Å². The van der Waals surface area contributed by atoms with E-state index in [0.29, 0.717) is 29.3 Å². The average Bonchev–Trinajstić information content (AvgIpc) is 2.80. The van der Waals surface area contributed by atoms with Gasteiger partial charge < -0.3 is 25.2 Å². The van der Waals surface area contributed by atoms with Gasteiger partial charge in [-0.05, 0) is 18.9 Å². The molecule has 1 amide bonds. The normalized spacial score (nSPS) is 21.2. The van der Waals surface area contributed by atoms with Gasteiger partial charge in [0.2, 0.25) is 6.79 Å². The van der Waals surface area contributed by atoms with Gasteiger partial charge in [-0.2, -0.15) is 0 Å². The Balaban J connectivity index is 1.90. The van der Waals surface area contributed by atoms with Crippen LogP contribution in [0.3, 0.4) is 0 Å². The molecular formula is C15H20N2O4. The lowest BCUT2D eigenvalue weighted by Crippen LogP contribution is -2.42. The summed E-state index contributed by atoms with van der Waals surface area (Å²) < 4.78 is 10.6. The summed E-state index contributed by atoms with van der Waals surface area (Å²) in [5, 5.41) is 9.54. The molecule has 0 bridgehead atoms. The fraction of sp³-hybridized carbons (Fsp3) is 0.533. The van der Waals surface area contributed by atoms with Crippen molar-refractivity contribution < 1.29 is 19.4 Å². The fourth-order valence-electron chi connectivity index (χ4n) is 2.93. The number of nitrogen functional groups attached to an aromatic ring is 1. The molecule has 21 heavy (non-hydrogen) atoms. The van der Waals surface area contributed by atoms with Crippen molar-refractivity contribution in [2.24, 2.45) is 0 Å². The number of aliphatic hydroxyl groups is 1. The van der Waals surface area contributed by atoms with Crippen LogP contribution < -0.4 is 15.2 Å². The summed E-state index contributed by atoms with van der Waals surface area (Å²) in [6, 6.07) is 3.13. The molecule has 1 aromatic rings. The molecular weight excluding hydrogens is 272 g/mol. The average molecular weight is 292 g/mol. The number of carbonyl (C=O) groups is 1. The van der Waals surface area contributed by atoms with Crippen molar-refractivity contribution in [3.63, 3.8) is 0 Å². The van der Waals surface area contributed by atoms with Gasteiger partial charge in [0.1, 0.15) is 0 Å². The number of fused-ring (bicyclic) bond motifs is 1. The monoisotopic (exact) mass is 292 g/mol. The van der Waals surface area contributed by atoms with Gasteiger partial charge in [-0.3, -0.25) is 4.79 Å². The molecule has 1 fully saturated rings. The highest BCUT2D eigenvalue weighted by Crippen LogP contribution is 2.36. The number of likely N-dealkylation sites (tertiary alicyclic amines) is 1. The smallest absolute Gasteiger partial charge is 0.256 e. The molecule has 6 nitrogen and oxygen atoms in total. The number of anilines is 1. The van der Waals surface area contributed by atoms with Gasteiger partial charge >= 0.3 is 0 Å². The second-order valence-electron chi connectivity index (χ2n) is 5.48. The summed E-state index contributed by atoms with van der Waals surface area (Å²) in [6.07, 6.45) is 3.89. The molecule has 1 atom stereocenters. The van der Waals surface area contributed by atoms with Crippen LogP contribution in [0.2, 0.25) is 0 Å². The van der Waals surface area contributed by atoms with Crippen LogP contribution in [-0.4, -0.2) is 41.9 Å². The molecule has 0 radical (unpaired) electrons. The van der Waals surface area contributed by atoms with Gasteiger partial charge in [-0.15, -0.1) is 0 Å². The Morgan fingerprint density at radius 2 is 2.05 bits per heavy atom. The summed E-state index contributed by atoms with van der Waals surface area (Å²) in [5.74, 6) is 0.966. The van der Waals surface area contributed by atoms with E-state index in [1.807, 2.05) is 0 Å². The lowest BCUT2D eigenvalue weighted by Gasteiger charge is -2.29. The van der Waals surface area contributed by atoms with Crippen LogP contribution in [0.5, 0.6) is 11.5 Å². The van der Waals surface area contributed by atoms with Crippen LogP contribution in [0.1, 0.15) is 36.0 Å². The van der Waals surface area contributed by atoms with Gasteiger partial charge in [0.15, 0.2) is 11.5 Å². The minimum atomic E-state index is -0.147. The third-order valence-corrected chi connectivity index (χ3v) is 4.12. The number of benzene rings is 1. The zero-order valence-corrected chi connectivity index (χ0v) is 11.9. The molecule has 1 saturated heterocycles. The molecule has 0 aliphatic carbocycles. The highest BCUT2D eigenvalue weighted by molar-refractivity contribution is 6.00. The topological polar surface area (TPSA) is 85.0 Å². The summed E-state index contributed by atoms with van der Waals surface area (Å²) in [5.41, 5.74) is 6.78. The van der Waals surface area contributed by atoms with E-state index < -0.39 is 0 Å². The first-order valence-electron chi connectivity index (χ1n) is 7.31. The summed E-state index contributed by atoms with van der Waals surface area (Å²) in [4.78, 5) is 14.5. The lowest BCUT2D eigenvalue weighted by molar-refractivity contribution is 0.0600. The number of hydrogen-bond acceptors (Lipinski definition) is 5. The van der Waals surface area contributed by atoms with E-state index in [1.165, 1.54) is 0 Å². The van der Waals surface area contributed by atoms with Crippen LogP contribution in [-0.2, 0) is 0 Å². The van der Waals surface area contributed by atoms with Crippen LogP contribution >= 0.6 is 0 Å². The molecule has 0 spiro atoms. The predicted octanol–water partition coefficient (Wildman–Crippen LogP) is 1.37. The molecule has 2 aliphatic heterocycles. The maximum Gasteiger partial charge on any atom is 0.256 e. The van der Waals surface area contributed by atoms with Crippen molar-refractivity contribution >= 4 is 11.6 Å². The minimum absolute atomic E-state index is 0.0177. The first-order valence-corrected chi connectivity index (χ1v) is 7.31. The first-order chi connectivity index (χ1) is 10.2. The van der Waals surface area contributed by atoms with E-state index in [2.05, 4.69) is 0 Å². The summed E-state index contributed by atoms with van der Waals surface area (Å²) in [7, 11) is 0. The lowest BCUT2D eigenvalue weighted by atomic mass is 10.1. The van der Waals surface area contributed by atoms with E-state index in [0.717, 1.165) is 25.7 Å². The third kappa shape index (κ3) is 2.63. The Labute approximate surface area is 123 Å². The summed E-state index contributed by atoms with van der Waals surface area (Å²) in [6.45, 7) is 0.781. The second kappa shape index (κ2) is 5.81. The SMILES string of the molecule is Nc1cc2c(cc1C(=O)N1CCCCCC1CO)OCO2. The van der Waals surface area contributed by atoms with Crippen molar-refractivity contribution in [3.05, 3.63) is 17.7 Å². The number of amides is 1. The predicted molar refractivity (Wildman–Crippen MR) is 77.4 cm³/mol. The fourth-order valence-corrected chi connectivity index (χ4v) is 2.93. The molecule has 114 valence electrons. The Hall–Kier alpha value is -1.95. The third-order valence-electron chi connectivity index (χ3n) is 4.12. The largest absolute Gasteiger partial charge is 0.454 e. The number of rotatable bonds is 2. The quantitative estimate of drug-likeness (QED) is 0.804. The number of hydrogen-bond donors (Lipinski definition) is 2. The Kier molecular flexibility index (Phi) is 3.88. The maximum atomic E-state index is 12.8. The Morgan fingerprint density at radius 1 is 1.29 bits per heavy atom.